The highest BCUT2D eigenvalue weighted by Crippen LogP contribution is 2.37. The Morgan fingerprint density at radius 3 is 0.507 bits per heavy atom. The molecular formula is C42H12BBr3F20N-. The number of hydrogen-bond donors (Lipinski definition) is 0. The standard InChI is InChI=1S/C24BF20.C18H12Br3N/c26-5-1(6(27)14(35)21(42)13(5)34)25(2-7(28)15(36)22(43)16(37)8(2)29,3-9(30)17(38)23(44)18(39)10(3)31)4-11(32)19(40)24(45)20(41)12(4)33;19-13-1-7-16(8-2-13)22(17-9-3-14(20)4-10-17)18-11-5-15(21)6-12-18/h;1-12H/q-1;. The Kier molecular flexibility index (Phi) is 14.6. The van der Waals surface area contributed by atoms with E-state index in [9.17, 15) is 52.7 Å². The lowest BCUT2D eigenvalue weighted by Gasteiger charge is -2.44. The largest absolute Gasteiger partial charge is 0.311 e. The van der Waals surface area contributed by atoms with Crippen LogP contribution in [0, 0.1) is 116 Å². The summed E-state index contributed by atoms with van der Waals surface area (Å²) in [5.41, 5.74) is -11.0. The molecule has 1 nitrogen and oxygen atoms in total. The third kappa shape index (κ3) is 8.44. The van der Waals surface area contributed by atoms with Crippen molar-refractivity contribution in [3.8, 4) is 0 Å². The topological polar surface area (TPSA) is 3.24 Å². The molecule has 0 unspecified atom stereocenters. The molecule has 0 aliphatic rings. The Morgan fingerprint density at radius 1 is 0.224 bits per heavy atom. The minimum Gasteiger partial charge on any atom is -0.311 e. The van der Waals surface area contributed by atoms with E-state index < -0.39 is 144 Å². The van der Waals surface area contributed by atoms with Crippen molar-refractivity contribution in [2.75, 3.05) is 4.90 Å². The van der Waals surface area contributed by atoms with Crippen molar-refractivity contribution < 1.29 is 87.8 Å². The maximum absolute atomic E-state index is 15.4. The molecule has 0 aromatic heterocycles. The van der Waals surface area contributed by atoms with Crippen molar-refractivity contribution >= 4 is 92.8 Å². The molecule has 0 fully saturated rings. The normalized spacial score (nSPS) is 11.5. The molecule has 25 heteroatoms. The molecule has 67 heavy (non-hydrogen) atoms. The van der Waals surface area contributed by atoms with Crippen molar-refractivity contribution in [2.45, 2.75) is 0 Å². The van der Waals surface area contributed by atoms with E-state index in [1.54, 1.807) is 0 Å². The Labute approximate surface area is 386 Å². The van der Waals surface area contributed by atoms with Gasteiger partial charge in [-0.05, 0) is 72.8 Å². The molecule has 0 saturated heterocycles. The summed E-state index contributed by atoms with van der Waals surface area (Å²) in [6, 6.07) is 25.0. The first kappa shape index (κ1) is 50.8. The third-order valence-electron chi connectivity index (χ3n) is 9.96. The third-order valence-corrected chi connectivity index (χ3v) is 11.5. The maximum Gasteiger partial charge on any atom is 0.200 e. The molecule has 0 heterocycles. The van der Waals surface area contributed by atoms with Gasteiger partial charge in [0.25, 0.3) is 0 Å². The number of hydrogen-bond acceptors (Lipinski definition) is 1. The van der Waals surface area contributed by atoms with Crippen molar-refractivity contribution in [2.24, 2.45) is 0 Å². The zero-order chi connectivity index (χ0) is 49.9. The number of halogens is 23. The second-order valence-electron chi connectivity index (χ2n) is 13.6. The van der Waals surface area contributed by atoms with Crippen LogP contribution in [0.25, 0.3) is 0 Å². The zero-order valence-corrected chi connectivity index (χ0v) is 36.4. The lowest BCUT2D eigenvalue weighted by atomic mass is 9.12. The number of anilines is 3. The lowest BCUT2D eigenvalue weighted by Crippen LogP contribution is -2.81. The van der Waals surface area contributed by atoms with E-state index in [0.717, 1.165) is 30.5 Å². The van der Waals surface area contributed by atoms with Gasteiger partial charge in [0, 0.05) is 30.5 Å². The summed E-state index contributed by atoms with van der Waals surface area (Å²) in [6.45, 7) is 0. The fraction of sp³-hybridized carbons (Fsp3) is 0. The monoisotopic (exact) mass is 1160 g/mol. The molecule has 350 valence electrons. The fourth-order valence-electron chi connectivity index (χ4n) is 7.09. The Hall–Kier alpha value is -5.56. The number of rotatable bonds is 7. The summed E-state index contributed by atoms with van der Waals surface area (Å²) < 4.78 is 297. The second kappa shape index (κ2) is 19.2. The molecule has 0 spiro atoms. The Morgan fingerprint density at radius 2 is 0.358 bits per heavy atom. The molecule has 7 aromatic rings. The van der Waals surface area contributed by atoms with Crippen LogP contribution in [0.3, 0.4) is 0 Å². The molecule has 0 radical (unpaired) electrons. The first-order valence-corrected chi connectivity index (χ1v) is 20.0. The van der Waals surface area contributed by atoms with Gasteiger partial charge in [-0.25, -0.2) is 87.8 Å². The molecule has 7 aromatic carbocycles. The van der Waals surface area contributed by atoms with Gasteiger partial charge in [-0.15, -0.1) is 21.9 Å². The van der Waals surface area contributed by atoms with Crippen molar-refractivity contribution in [3.63, 3.8) is 0 Å². The van der Waals surface area contributed by atoms with Crippen molar-refractivity contribution in [1.82, 2.24) is 0 Å². The van der Waals surface area contributed by atoms with Gasteiger partial charge in [-0.2, -0.15) is 0 Å². The summed E-state index contributed by atoms with van der Waals surface area (Å²) in [6.07, 6.45) is -7.22. The van der Waals surface area contributed by atoms with E-state index >= 15 is 35.1 Å². The van der Waals surface area contributed by atoms with Crippen LogP contribution in [0.1, 0.15) is 0 Å². The minimum atomic E-state index is -7.22. The molecule has 0 bridgehead atoms. The maximum atomic E-state index is 15.4. The van der Waals surface area contributed by atoms with Gasteiger partial charge in [0.2, 0.25) is 0 Å². The summed E-state index contributed by atoms with van der Waals surface area (Å²) in [7, 11) is 0. The predicted octanol–water partition coefficient (Wildman–Crippen LogP) is 13.3. The van der Waals surface area contributed by atoms with Gasteiger partial charge in [-0.3, -0.25) is 0 Å². The van der Waals surface area contributed by atoms with Crippen LogP contribution in [0.5, 0.6) is 0 Å². The van der Waals surface area contributed by atoms with Gasteiger partial charge in [0.05, 0.1) is 0 Å². The van der Waals surface area contributed by atoms with Gasteiger partial charge in [0.1, 0.15) is 52.7 Å². The highest BCUT2D eigenvalue weighted by molar-refractivity contribution is 9.11. The molecular weight excluding hydrogens is 1150 g/mol. The first-order valence-electron chi connectivity index (χ1n) is 17.6. The zero-order valence-electron chi connectivity index (χ0n) is 31.6. The summed E-state index contributed by atoms with van der Waals surface area (Å²) in [5, 5.41) is 0. The summed E-state index contributed by atoms with van der Waals surface area (Å²) >= 11 is 10.5. The van der Waals surface area contributed by atoms with Crippen LogP contribution in [0.4, 0.5) is 105 Å². The van der Waals surface area contributed by atoms with E-state index in [0.29, 0.717) is 0 Å². The SMILES string of the molecule is Brc1ccc(N(c2ccc(Br)cc2)c2ccc(Br)cc2)cc1.Fc1c(F)c(F)c([B-](c2c(F)c(F)c(F)c(F)c2F)(c2c(F)c(F)c(F)c(F)c2F)c2c(F)c(F)c(F)c(F)c2F)c(F)c1F. The molecule has 7 rings (SSSR count). The summed E-state index contributed by atoms with van der Waals surface area (Å²) in [5.74, 6) is -71.4. The molecule has 0 aliphatic carbocycles. The highest BCUT2D eigenvalue weighted by Gasteiger charge is 2.52. The Balaban J connectivity index is 0.000000279. The molecule has 0 aliphatic heterocycles. The van der Waals surface area contributed by atoms with Crippen LogP contribution in [-0.2, 0) is 0 Å². The van der Waals surface area contributed by atoms with Gasteiger partial charge in [0.15, 0.2) is 69.8 Å². The van der Waals surface area contributed by atoms with Crippen molar-refractivity contribution in [3.05, 3.63) is 203 Å². The number of benzene rings is 7. The van der Waals surface area contributed by atoms with Crippen LogP contribution >= 0.6 is 47.8 Å². The van der Waals surface area contributed by atoms with E-state index in [1.807, 2.05) is 0 Å². The average Bonchev–Trinajstić information content (AvgIpc) is 3.31. The van der Waals surface area contributed by atoms with E-state index in [2.05, 4.69) is 125 Å². The fourth-order valence-corrected chi connectivity index (χ4v) is 7.88. The number of nitrogens with zero attached hydrogens (tertiary/aromatic N) is 1. The predicted molar refractivity (Wildman–Crippen MR) is 213 cm³/mol. The van der Waals surface area contributed by atoms with Gasteiger partial charge < -0.3 is 4.90 Å². The quantitative estimate of drug-likeness (QED) is 0.0665. The second-order valence-corrected chi connectivity index (χ2v) is 16.3. The van der Waals surface area contributed by atoms with Crippen LogP contribution in [-0.4, -0.2) is 6.15 Å². The first-order chi connectivity index (χ1) is 31.3. The van der Waals surface area contributed by atoms with Crippen LogP contribution in [0.2, 0.25) is 0 Å². The highest BCUT2D eigenvalue weighted by atomic mass is 79.9. The average molecular weight is 1160 g/mol. The molecule has 0 amide bonds. The molecule has 0 N–H and O–H groups in total. The van der Waals surface area contributed by atoms with E-state index in [1.165, 1.54) is 0 Å². The minimum absolute atomic E-state index is 1.07. The van der Waals surface area contributed by atoms with Crippen LogP contribution in [0.15, 0.2) is 86.2 Å². The smallest absolute Gasteiger partial charge is 0.200 e. The molecule has 0 atom stereocenters. The van der Waals surface area contributed by atoms with E-state index in [-0.39, 0.29) is 0 Å². The molecule has 0 saturated carbocycles. The summed E-state index contributed by atoms with van der Waals surface area (Å²) in [4.78, 5) is 2.23. The van der Waals surface area contributed by atoms with Gasteiger partial charge in [-0.1, -0.05) is 47.8 Å². The van der Waals surface area contributed by atoms with Gasteiger partial charge >= 0.3 is 0 Å². The lowest BCUT2D eigenvalue weighted by molar-refractivity contribution is 0.378. The van der Waals surface area contributed by atoms with E-state index in [4.69, 9.17) is 0 Å². The Bertz CT molecular complexity index is 2610. The van der Waals surface area contributed by atoms with Crippen molar-refractivity contribution in [1.29, 1.82) is 0 Å². The van der Waals surface area contributed by atoms with Crippen LogP contribution < -0.4 is 26.8 Å².